The quantitative estimate of drug-likeness (QED) is 0.495. The molecule has 4 nitrogen and oxygen atoms in total. The van der Waals surface area contributed by atoms with E-state index in [9.17, 15) is 0 Å². The molecule has 0 amide bonds. The molecule has 0 saturated heterocycles. The summed E-state index contributed by atoms with van der Waals surface area (Å²) in [5.41, 5.74) is 6.53. The number of alkyl halides is 1. The van der Waals surface area contributed by atoms with Gasteiger partial charge in [-0.15, -0.1) is 0 Å². The van der Waals surface area contributed by atoms with Gasteiger partial charge >= 0.3 is 0 Å². The molecule has 1 aromatic rings. The molecule has 0 radical (unpaired) electrons. The van der Waals surface area contributed by atoms with Crippen molar-refractivity contribution in [3.05, 3.63) is 18.2 Å². The Labute approximate surface area is 73.0 Å². The topological polar surface area (TPSA) is 74.9 Å². The van der Waals surface area contributed by atoms with Gasteiger partial charge in [0.2, 0.25) is 0 Å². The van der Waals surface area contributed by atoms with Crippen molar-refractivity contribution in [1.29, 1.82) is 0 Å². The van der Waals surface area contributed by atoms with E-state index in [0.717, 1.165) is 5.69 Å². The SMILES string of the molecule is NC(Br)(CO)Cc1cnc[nH]1. The minimum atomic E-state index is -0.737. The summed E-state index contributed by atoms with van der Waals surface area (Å²) in [6.45, 7) is -0.105. The van der Waals surface area contributed by atoms with E-state index in [0.29, 0.717) is 6.42 Å². The minimum Gasteiger partial charge on any atom is -0.394 e. The first-order valence-electron chi connectivity index (χ1n) is 3.20. The first-order valence-corrected chi connectivity index (χ1v) is 3.99. The van der Waals surface area contributed by atoms with Crippen molar-refractivity contribution in [2.24, 2.45) is 5.73 Å². The molecule has 0 aliphatic carbocycles. The number of aliphatic hydroxyl groups is 1. The van der Waals surface area contributed by atoms with Gasteiger partial charge in [-0.25, -0.2) is 4.98 Å². The Hall–Kier alpha value is -0.390. The summed E-state index contributed by atoms with van der Waals surface area (Å²) in [6, 6.07) is 0. The van der Waals surface area contributed by atoms with Crippen molar-refractivity contribution in [3.8, 4) is 0 Å². The second-order valence-electron chi connectivity index (χ2n) is 2.45. The molecule has 0 aliphatic rings. The summed E-state index contributed by atoms with van der Waals surface area (Å²) in [5, 5.41) is 8.79. The van der Waals surface area contributed by atoms with Crippen LogP contribution in [0.25, 0.3) is 0 Å². The molecule has 0 spiro atoms. The van der Waals surface area contributed by atoms with Crippen LogP contribution < -0.4 is 5.73 Å². The normalized spacial score (nSPS) is 16.3. The monoisotopic (exact) mass is 219 g/mol. The Balaban J connectivity index is 2.56. The van der Waals surface area contributed by atoms with Crippen LogP contribution >= 0.6 is 15.9 Å². The number of rotatable bonds is 3. The summed E-state index contributed by atoms with van der Waals surface area (Å²) >= 11 is 3.18. The fraction of sp³-hybridized carbons (Fsp3) is 0.500. The van der Waals surface area contributed by atoms with E-state index in [1.807, 2.05) is 0 Å². The number of hydrogen-bond acceptors (Lipinski definition) is 3. The van der Waals surface area contributed by atoms with Crippen LogP contribution in [0.3, 0.4) is 0 Å². The highest BCUT2D eigenvalue weighted by Crippen LogP contribution is 2.14. The highest BCUT2D eigenvalue weighted by molar-refractivity contribution is 9.10. The Morgan fingerprint density at radius 1 is 1.82 bits per heavy atom. The molecule has 62 valence electrons. The zero-order chi connectivity index (χ0) is 8.32. The van der Waals surface area contributed by atoms with Crippen molar-refractivity contribution in [2.75, 3.05) is 6.61 Å². The third-order valence-electron chi connectivity index (χ3n) is 1.30. The van der Waals surface area contributed by atoms with E-state index in [1.165, 1.54) is 0 Å². The van der Waals surface area contributed by atoms with E-state index < -0.39 is 4.45 Å². The van der Waals surface area contributed by atoms with Crippen LogP contribution in [0.15, 0.2) is 12.5 Å². The summed E-state index contributed by atoms with van der Waals surface area (Å²) in [6.07, 6.45) is 3.79. The van der Waals surface area contributed by atoms with Crippen molar-refractivity contribution in [3.63, 3.8) is 0 Å². The van der Waals surface area contributed by atoms with E-state index in [-0.39, 0.29) is 6.61 Å². The van der Waals surface area contributed by atoms with Gasteiger partial charge in [-0.2, -0.15) is 0 Å². The van der Waals surface area contributed by atoms with Crippen LogP contribution in [0.1, 0.15) is 5.69 Å². The first-order chi connectivity index (χ1) is 5.14. The second-order valence-corrected chi connectivity index (χ2v) is 4.03. The molecule has 11 heavy (non-hydrogen) atoms. The number of nitrogens with zero attached hydrogens (tertiary/aromatic N) is 1. The molecule has 1 aromatic heterocycles. The van der Waals surface area contributed by atoms with E-state index >= 15 is 0 Å². The summed E-state index contributed by atoms with van der Waals surface area (Å²) < 4.78 is -0.737. The van der Waals surface area contributed by atoms with Crippen molar-refractivity contribution >= 4 is 15.9 Å². The molecular formula is C6H10BrN3O. The summed E-state index contributed by atoms with van der Waals surface area (Å²) in [5.74, 6) is 0. The molecule has 0 bridgehead atoms. The van der Waals surface area contributed by atoms with Crippen LogP contribution in [-0.2, 0) is 6.42 Å². The third kappa shape index (κ3) is 2.61. The molecule has 0 saturated carbocycles. The van der Waals surface area contributed by atoms with E-state index in [1.54, 1.807) is 12.5 Å². The van der Waals surface area contributed by atoms with Crippen LogP contribution in [0, 0.1) is 0 Å². The average molecular weight is 220 g/mol. The van der Waals surface area contributed by atoms with Crippen molar-refractivity contribution < 1.29 is 5.11 Å². The minimum absolute atomic E-state index is 0.105. The Morgan fingerprint density at radius 3 is 3.00 bits per heavy atom. The van der Waals surface area contributed by atoms with Crippen LogP contribution in [0.4, 0.5) is 0 Å². The largest absolute Gasteiger partial charge is 0.394 e. The zero-order valence-electron chi connectivity index (χ0n) is 5.92. The number of halogens is 1. The number of hydrogen-bond donors (Lipinski definition) is 3. The molecule has 1 unspecified atom stereocenters. The Kier molecular flexibility index (Phi) is 2.64. The van der Waals surface area contributed by atoms with Crippen molar-refractivity contribution in [2.45, 2.75) is 10.9 Å². The van der Waals surface area contributed by atoms with Crippen LogP contribution in [0.2, 0.25) is 0 Å². The van der Waals surface area contributed by atoms with Crippen molar-refractivity contribution in [1.82, 2.24) is 9.97 Å². The number of nitrogens with two attached hydrogens (primary N) is 1. The van der Waals surface area contributed by atoms with Gasteiger partial charge in [-0.05, 0) is 0 Å². The Bertz CT molecular complexity index is 210. The predicted molar refractivity (Wildman–Crippen MR) is 45.2 cm³/mol. The van der Waals surface area contributed by atoms with E-state index in [2.05, 4.69) is 25.9 Å². The molecule has 1 atom stereocenters. The number of imidazole rings is 1. The molecule has 4 N–H and O–H groups in total. The van der Waals surface area contributed by atoms with Gasteiger partial charge in [0.05, 0.1) is 12.9 Å². The maximum atomic E-state index is 8.79. The van der Waals surface area contributed by atoms with E-state index in [4.69, 9.17) is 10.8 Å². The molecular weight excluding hydrogens is 210 g/mol. The fourth-order valence-electron chi connectivity index (χ4n) is 0.754. The van der Waals surface area contributed by atoms with Gasteiger partial charge in [0.15, 0.2) is 0 Å². The van der Waals surface area contributed by atoms with Gasteiger partial charge in [-0.1, -0.05) is 15.9 Å². The highest BCUT2D eigenvalue weighted by Gasteiger charge is 2.20. The molecule has 1 rings (SSSR count). The molecule has 0 aromatic carbocycles. The molecule has 0 fully saturated rings. The maximum Gasteiger partial charge on any atom is 0.101 e. The molecule has 5 heteroatoms. The standard InChI is InChI=1S/C6H10BrN3O/c7-6(8,3-11)1-5-2-9-4-10-5/h2,4,11H,1,3,8H2,(H,9,10). The second kappa shape index (κ2) is 3.34. The number of H-pyrrole nitrogens is 1. The summed E-state index contributed by atoms with van der Waals surface area (Å²) in [7, 11) is 0. The van der Waals surface area contributed by atoms with Gasteiger partial charge in [0, 0.05) is 18.3 Å². The average Bonchev–Trinajstić information content (AvgIpc) is 2.39. The first kappa shape index (κ1) is 8.70. The number of aromatic nitrogens is 2. The number of aliphatic hydroxyl groups excluding tert-OH is 1. The maximum absolute atomic E-state index is 8.79. The lowest BCUT2D eigenvalue weighted by Gasteiger charge is -2.17. The lowest BCUT2D eigenvalue weighted by atomic mass is 10.2. The molecule has 1 heterocycles. The lowest BCUT2D eigenvalue weighted by molar-refractivity contribution is 0.252. The number of nitrogens with one attached hydrogen (secondary N) is 1. The molecule has 0 aliphatic heterocycles. The third-order valence-corrected chi connectivity index (χ3v) is 1.83. The van der Waals surface area contributed by atoms with Gasteiger partial charge in [-0.3, -0.25) is 0 Å². The zero-order valence-corrected chi connectivity index (χ0v) is 7.50. The van der Waals surface area contributed by atoms with Gasteiger partial charge < -0.3 is 15.8 Å². The highest BCUT2D eigenvalue weighted by atomic mass is 79.9. The predicted octanol–water partition coefficient (Wildman–Crippen LogP) is -0.00560. The summed E-state index contributed by atoms with van der Waals surface area (Å²) in [4.78, 5) is 6.72. The van der Waals surface area contributed by atoms with Gasteiger partial charge in [0.25, 0.3) is 0 Å². The fourth-order valence-corrected chi connectivity index (χ4v) is 1.06. The number of aromatic amines is 1. The van der Waals surface area contributed by atoms with Crippen LogP contribution in [-0.4, -0.2) is 26.1 Å². The smallest absolute Gasteiger partial charge is 0.101 e. The Morgan fingerprint density at radius 2 is 2.55 bits per heavy atom. The van der Waals surface area contributed by atoms with Crippen LogP contribution in [0.5, 0.6) is 0 Å². The lowest BCUT2D eigenvalue weighted by Crippen LogP contribution is -2.39. The van der Waals surface area contributed by atoms with Gasteiger partial charge in [0.1, 0.15) is 4.45 Å².